The maximum absolute atomic E-state index is 12.7. The Morgan fingerprint density at radius 2 is 1.91 bits per heavy atom. The Hall–Kier alpha value is -2.94. The van der Waals surface area contributed by atoms with Crippen molar-refractivity contribution in [3.8, 4) is 0 Å². The SMILES string of the molecule is NC(=O)C1CCCN(Cc2ccccc2NC(=O)CCCN2C(=O)NC3(CCCC3)C2=O)C1. The largest absolute Gasteiger partial charge is 0.369 e. The van der Waals surface area contributed by atoms with Crippen LogP contribution in [-0.2, 0) is 20.9 Å². The van der Waals surface area contributed by atoms with Crippen LogP contribution in [0.5, 0.6) is 0 Å². The number of hydrogen-bond acceptors (Lipinski definition) is 5. The van der Waals surface area contributed by atoms with Crippen molar-refractivity contribution in [1.29, 1.82) is 0 Å². The molecular weight excluding hydrogens is 422 g/mol. The average Bonchev–Trinajstić information content (AvgIpc) is 3.35. The van der Waals surface area contributed by atoms with Crippen molar-refractivity contribution in [3.63, 3.8) is 0 Å². The van der Waals surface area contributed by atoms with E-state index >= 15 is 0 Å². The summed E-state index contributed by atoms with van der Waals surface area (Å²) in [5.41, 5.74) is 6.50. The van der Waals surface area contributed by atoms with Gasteiger partial charge in [0.1, 0.15) is 5.54 Å². The molecule has 9 nitrogen and oxygen atoms in total. The van der Waals surface area contributed by atoms with Crippen molar-refractivity contribution in [2.24, 2.45) is 11.7 Å². The van der Waals surface area contributed by atoms with E-state index in [9.17, 15) is 19.2 Å². The number of benzene rings is 1. The number of para-hydroxylation sites is 1. The van der Waals surface area contributed by atoms with Crippen molar-refractivity contribution in [1.82, 2.24) is 15.1 Å². The number of amides is 5. The summed E-state index contributed by atoms with van der Waals surface area (Å²) in [4.78, 5) is 52.6. The Morgan fingerprint density at radius 3 is 2.67 bits per heavy atom. The lowest BCUT2D eigenvalue weighted by Gasteiger charge is -2.31. The van der Waals surface area contributed by atoms with Crippen LogP contribution in [0.25, 0.3) is 0 Å². The number of hydrogen-bond donors (Lipinski definition) is 3. The Balaban J connectivity index is 1.28. The minimum absolute atomic E-state index is 0.130. The van der Waals surface area contributed by atoms with Gasteiger partial charge in [0.25, 0.3) is 5.91 Å². The van der Waals surface area contributed by atoms with Crippen LogP contribution >= 0.6 is 0 Å². The predicted octanol–water partition coefficient (Wildman–Crippen LogP) is 1.97. The van der Waals surface area contributed by atoms with Gasteiger partial charge in [0, 0.05) is 31.7 Å². The fourth-order valence-electron chi connectivity index (χ4n) is 5.26. The normalized spacial score (nSPS) is 22.5. The molecule has 2 aliphatic heterocycles. The molecule has 4 rings (SSSR count). The molecule has 178 valence electrons. The molecule has 2 saturated heterocycles. The summed E-state index contributed by atoms with van der Waals surface area (Å²) in [7, 11) is 0. The summed E-state index contributed by atoms with van der Waals surface area (Å²) in [6, 6.07) is 7.29. The second kappa shape index (κ2) is 9.91. The zero-order chi connectivity index (χ0) is 23.4. The van der Waals surface area contributed by atoms with E-state index in [0.29, 0.717) is 32.4 Å². The van der Waals surface area contributed by atoms with Crippen LogP contribution in [0.1, 0.15) is 56.9 Å². The highest BCUT2D eigenvalue weighted by Gasteiger charge is 2.52. The number of carbonyl (C=O) groups is 4. The minimum atomic E-state index is -0.708. The summed E-state index contributed by atoms with van der Waals surface area (Å²) in [6.07, 6.45) is 5.66. The molecule has 3 aliphatic rings. The molecule has 1 atom stereocenters. The highest BCUT2D eigenvalue weighted by molar-refractivity contribution is 6.07. The van der Waals surface area contributed by atoms with Gasteiger partial charge in [-0.2, -0.15) is 0 Å². The van der Waals surface area contributed by atoms with E-state index in [1.807, 2.05) is 24.3 Å². The van der Waals surface area contributed by atoms with Gasteiger partial charge in [-0.05, 0) is 50.3 Å². The molecule has 0 bridgehead atoms. The maximum Gasteiger partial charge on any atom is 0.325 e. The molecule has 33 heavy (non-hydrogen) atoms. The summed E-state index contributed by atoms with van der Waals surface area (Å²) in [5.74, 6) is -0.690. The van der Waals surface area contributed by atoms with E-state index in [0.717, 1.165) is 43.5 Å². The summed E-state index contributed by atoms with van der Waals surface area (Å²) in [6.45, 7) is 2.39. The lowest BCUT2D eigenvalue weighted by Crippen LogP contribution is -2.44. The molecule has 5 amide bonds. The number of rotatable bonds is 8. The third-order valence-electron chi connectivity index (χ3n) is 7.08. The van der Waals surface area contributed by atoms with Crippen LogP contribution in [0.3, 0.4) is 0 Å². The van der Waals surface area contributed by atoms with Gasteiger partial charge in [-0.15, -0.1) is 0 Å². The van der Waals surface area contributed by atoms with E-state index in [-0.39, 0.29) is 42.6 Å². The molecule has 0 radical (unpaired) electrons. The van der Waals surface area contributed by atoms with Gasteiger partial charge in [0.05, 0.1) is 5.92 Å². The molecule has 1 spiro atoms. The number of anilines is 1. The molecule has 4 N–H and O–H groups in total. The van der Waals surface area contributed by atoms with Crippen LogP contribution in [0.15, 0.2) is 24.3 Å². The van der Waals surface area contributed by atoms with Crippen molar-refractivity contribution in [2.45, 2.75) is 63.5 Å². The molecule has 1 aromatic rings. The molecule has 1 aliphatic carbocycles. The molecule has 9 heteroatoms. The van der Waals surface area contributed by atoms with Gasteiger partial charge in [0.15, 0.2) is 0 Å². The van der Waals surface area contributed by atoms with E-state index in [1.54, 1.807) is 0 Å². The number of piperidine rings is 1. The predicted molar refractivity (Wildman–Crippen MR) is 123 cm³/mol. The number of likely N-dealkylation sites (tertiary alicyclic amines) is 1. The third-order valence-corrected chi connectivity index (χ3v) is 7.08. The van der Waals surface area contributed by atoms with Crippen LogP contribution in [0.2, 0.25) is 0 Å². The molecule has 1 saturated carbocycles. The van der Waals surface area contributed by atoms with Gasteiger partial charge < -0.3 is 16.4 Å². The number of nitrogens with two attached hydrogens (primary N) is 1. The fraction of sp³-hybridized carbons (Fsp3) is 0.583. The molecule has 3 fully saturated rings. The quantitative estimate of drug-likeness (QED) is 0.517. The molecule has 1 unspecified atom stereocenters. The van der Waals surface area contributed by atoms with Gasteiger partial charge in [-0.1, -0.05) is 31.0 Å². The van der Waals surface area contributed by atoms with Crippen LogP contribution in [0.4, 0.5) is 10.5 Å². The third kappa shape index (κ3) is 5.19. The van der Waals surface area contributed by atoms with E-state index in [4.69, 9.17) is 5.73 Å². The number of primary amides is 1. The zero-order valence-electron chi connectivity index (χ0n) is 19.0. The van der Waals surface area contributed by atoms with Crippen molar-refractivity contribution < 1.29 is 19.2 Å². The van der Waals surface area contributed by atoms with E-state index in [2.05, 4.69) is 15.5 Å². The van der Waals surface area contributed by atoms with Crippen molar-refractivity contribution >= 4 is 29.4 Å². The average molecular weight is 456 g/mol. The Morgan fingerprint density at radius 1 is 1.15 bits per heavy atom. The van der Waals surface area contributed by atoms with Crippen LogP contribution < -0.4 is 16.4 Å². The standard InChI is InChI=1S/C24H33N5O4/c25-21(31)18-8-5-13-28(16-18)15-17-7-1-2-9-19(17)26-20(30)10-6-14-29-22(32)24(27-23(29)33)11-3-4-12-24/h1-2,7,9,18H,3-6,8,10-16H2,(H2,25,31)(H,26,30)(H,27,33). The van der Waals surface area contributed by atoms with Crippen LogP contribution in [-0.4, -0.2) is 58.7 Å². The Bertz CT molecular complexity index is 927. The Kier molecular flexibility index (Phi) is 6.97. The molecular formula is C24H33N5O4. The summed E-state index contributed by atoms with van der Waals surface area (Å²) < 4.78 is 0. The monoisotopic (exact) mass is 455 g/mol. The minimum Gasteiger partial charge on any atom is -0.369 e. The first kappa shape index (κ1) is 23.2. The van der Waals surface area contributed by atoms with E-state index in [1.165, 1.54) is 4.90 Å². The first-order valence-corrected chi connectivity index (χ1v) is 11.9. The fourth-order valence-corrected chi connectivity index (χ4v) is 5.26. The number of urea groups is 1. The number of nitrogens with zero attached hydrogens (tertiary/aromatic N) is 2. The second-order valence-electron chi connectivity index (χ2n) is 9.46. The smallest absolute Gasteiger partial charge is 0.325 e. The first-order valence-electron chi connectivity index (χ1n) is 11.9. The van der Waals surface area contributed by atoms with E-state index < -0.39 is 5.54 Å². The van der Waals surface area contributed by atoms with Crippen molar-refractivity contribution in [3.05, 3.63) is 29.8 Å². The number of nitrogens with one attached hydrogen (secondary N) is 2. The number of imide groups is 1. The van der Waals surface area contributed by atoms with Gasteiger partial charge in [-0.3, -0.25) is 24.2 Å². The highest BCUT2D eigenvalue weighted by Crippen LogP contribution is 2.35. The second-order valence-corrected chi connectivity index (χ2v) is 9.46. The first-order chi connectivity index (χ1) is 15.9. The van der Waals surface area contributed by atoms with Crippen molar-refractivity contribution in [2.75, 3.05) is 25.0 Å². The zero-order valence-corrected chi connectivity index (χ0v) is 19.0. The molecule has 0 aromatic heterocycles. The lowest BCUT2D eigenvalue weighted by atomic mass is 9.97. The summed E-state index contributed by atoms with van der Waals surface area (Å²) >= 11 is 0. The van der Waals surface area contributed by atoms with Gasteiger partial charge in [0.2, 0.25) is 11.8 Å². The molecule has 2 heterocycles. The maximum atomic E-state index is 12.7. The topological polar surface area (TPSA) is 125 Å². The highest BCUT2D eigenvalue weighted by atomic mass is 16.2. The Labute approximate surface area is 194 Å². The lowest BCUT2D eigenvalue weighted by molar-refractivity contribution is -0.131. The van der Waals surface area contributed by atoms with Gasteiger partial charge in [-0.25, -0.2) is 4.79 Å². The number of carbonyl (C=O) groups excluding carboxylic acids is 4. The molecule has 1 aromatic carbocycles. The summed E-state index contributed by atoms with van der Waals surface area (Å²) in [5, 5.41) is 5.84. The van der Waals surface area contributed by atoms with Gasteiger partial charge >= 0.3 is 6.03 Å². The van der Waals surface area contributed by atoms with Crippen LogP contribution in [0, 0.1) is 5.92 Å².